The zero-order valence-electron chi connectivity index (χ0n) is 6.84. The molecule has 0 spiro atoms. The molecule has 13 heavy (non-hydrogen) atoms. The Hall–Kier alpha value is -1.45. The number of benzene rings is 1. The molecule has 1 aromatic carbocycles. The van der Waals surface area contributed by atoms with E-state index in [1.807, 2.05) is 0 Å². The Morgan fingerprint density at radius 1 is 1.38 bits per heavy atom. The highest BCUT2D eigenvalue weighted by Gasteiger charge is 2.08. The van der Waals surface area contributed by atoms with Gasteiger partial charge in [0.1, 0.15) is 12.0 Å². The lowest BCUT2D eigenvalue weighted by Gasteiger charge is -2.06. The molecule has 0 saturated carbocycles. The molecule has 0 heterocycles. The summed E-state index contributed by atoms with van der Waals surface area (Å²) >= 11 is 0. The largest absolute Gasteiger partial charge is 0.355 e. The zero-order valence-corrected chi connectivity index (χ0v) is 6.84. The van der Waals surface area contributed by atoms with Crippen molar-refractivity contribution in [3.63, 3.8) is 0 Å². The Kier molecular flexibility index (Phi) is 3.37. The molecule has 0 bridgehead atoms. The van der Waals surface area contributed by atoms with Crippen molar-refractivity contribution in [3.05, 3.63) is 35.6 Å². The lowest BCUT2D eigenvalue weighted by molar-refractivity contribution is -0.109. The average molecular weight is 185 g/mol. The van der Waals surface area contributed by atoms with Gasteiger partial charge >= 0.3 is 0 Å². The molecule has 1 aromatic rings. The quantitative estimate of drug-likeness (QED) is 0.709. The Labute approximate surface area is 74.6 Å². The van der Waals surface area contributed by atoms with Crippen LogP contribution in [-0.2, 0) is 4.79 Å². The van der Waals surface area contributed by atoms with E-state index in [2.05, 4.69) is 5.32 Å². The van der Waals surface area contributed by atoms with E-state index in [0.29, 0.717) is 12.0 Å². The molecule has 0 radical (unpaired) electrons. The van der Waals surface area contributed by atoms with Crippen LogP contribution in [-0.4, -0.2) is 13.0 Å². The van der Waals surface area contributed by atoms with Crippen LogP contribution >= 0.6 is 0 Å². The van der Waals surface area contributed by atoms with Crippen molar-refractivity contribution in [3.8, 4) is 0 Å². The summed E-state index contributed by atoms with van der Waals surface area (Å²) < 4.78 is 25.5. The number of nitrogens with one attached hydrogen (secondary N) is 1. The summed E-state index contributed by atoms with van der Waals surface area (Å²) in [5.41, 5.74) is 0.357. The molecule has 0 aliphatic carbocycles. The van der Waals surface area contributed by atoms with Gasteiger partial charge < -0.3 is 5.32 Å². The molecule has 0 saturated heterocycles. The van der Waals surface area contributed by atoms with Crippen molar-refractivity contribution in [2.24, 2.45) is 0 Å². The van der Waals surface area contributed by atoms with E-state index < -0.39 is 12.0 Å². The molecule has 1 unspecified atom stereocenters. The van der Waals surface area contributed by atoms with Gasteiger partial charge in [0.2, 0.25) is 6.41 Å². The summed E-state index contributed by atoms with van der Waals surface area (Å²) in [7, 11) is 0. The van der Waals surface area contributed by atoms with Crippen LogP contribution in [0.5, 0.6) is 0 Å². The number of amides is 1. The second-order valence-corrected chi connectivity index (χ2v) is 2.55. The number of hydrogen-bond donors (Lipinski definition) is 1. The van der Waals surface area contributed by atoms with Crippen LogP contribution in [0.1, 0.15) is 11.7 Å². The van der Waals surface area contributed by atoms with Crippen LogP contribution in [0.2, 0.25) is 0 Å². The van der Waals surface area contributed by atoms with E-state index in [-0.39, 0.29) is 6.54 Å². The fraction of sp³-hybridized carbons (Fsp3) is 0.222. The molecule has 0 aromatic heterocycles. The van der Waals surface area contributed by atoms with Gasteiger partial charge in [-0.25, -0.2) is 8.78 Å². The Bertz CT molecular complexity index is 273. The Balaban J connectivity index is 2.60. The Morgan fingerprint density at radius 3 is 2.54 bits per heavy atom. The van der Waals surface area contributed by atoms with Crippen LogP contribution in [0.15, 0.2) is 24.3 Å². The van der Waals surface area contributed by atoms with Gasteiger partial charge in [0.25, 0.3) is 0 Å². The number of rotatable bonds is 4. The van der Waals surface area contributed by atoms with Gasteiger partial charge in [-0.05, 0) is 17.7 Å². The maximum atomic E-state index is 13.1. The molecule has 4 heteroatoms. The van der Waals surface area contributed by atoms with Crippen LogP contribution in [0, 0.1) is 5.82 Å². The maximum absolute atomic E-state index is 13.1. The second-order valence-electron chi connectivity index (χ2n) is 2.55. The number of carbonyl (C=O) groups excluding carboxylic acids is 1. The minimum atomic E-state index is -1.29. The third-order valence-corrected chi connectivity index (χ3v) is 1.61. The smallest absolute Gasteiger partial charge is 0.207 e. The topological polar surface area (TPSA) is 29.1 Å². The van der Waals surface area contributed by atoms with Crippen LogP contribution < -0.4 is 5.32 Å². The number of carbonyl (C=O) groups is 1. The number of hydrogen-bond acceptors (Lipinski definition) is 1. The van der Waals surface area contributed by atoms with Gasteiger partial charge in [-0.3, -0.25) is 4.79 Å². The average Bonchev–Trinajstić information content (AvgIpc) is 2.15. The standard InChI is InChI=1S/C9H9F2NO/c10-8-3-1-7(2-4-8)9(11)5-12-6-13/h1-4,6,9H,5H2,(H,12,13). The normalized spacial score (nSPS) is 12.2. The van der Waals surface area contributed by atoms with Gasteiger partial charge in [-0.15, -0.1) is 0 Å². The molecule has 1 atom stereocenters. The monoisotopic (exact) mass is 185 g/mol. The maximum Gasteiger partial charge on any atom is 0.207 e. The first-order chi connectivity index (χ1) is 6.24. The van der Waals surface area contributed by atoms with E-state index >= 15 is 0 Å². The van der Waals surface area contributed by atoms with E-state index in [4.69, 9.17) is 0 Å². The van der Waals surface area contributed by atoms with Crippen molar-refractivity contribution < 1.29 is 13.6 Å². The van der Waals surface area contributed by atoms with E-state index in [1.54, 1.807) is 0 Å². The summed E-state index contributed by atoms with van der Waals surface area (Å²) in [6, 6.07) is 5.07. The van der Waals surface area contributed by atoms with E-state index in [1.165, 1.54) is 24.3 Å². The minimum absolute atomic E-state index is 0.0882. The summed E-state index contributed by atoms with van der Waals surface area (Å²) in [6.07, 6.45) is -0.860. The van der Waals surface area contributed by atoms with Crippen LogP contribution in [0.4, 0.5) is 8.78 Å². The summed E-state index contributed by atoms with van der Waals surface area (Å²) in [4.78, 5) is 9.86. The van der Waals surface area contributed by atoms with Gasteiger partial charge in [0, 0.05) is 0 Å². The minimum Gasteiger partial charge on any atom is -0.355 e. The van der Waals surface area contributed by atoms with Crippen molar-refractivity contribution in [2.75, 3.05) is 6.54 Å². The van der Waals surface area contributed by atoms with Crippen molar-refractivity contribution in [1.82, 2.24) is 5.32 Å². The molecule has 0 aliphatic rings. The lowest BCUT2D eigenvalue weighted by Crippen LogP contribution is -2.17. The Morgan fingerprint density at radius 2 is 2.00 bits per heavy atom. The molecular formula is C9H9F2NO. The first-order valence-corrected chi connectivity index (χ1v) is 3.80. The van der Waals surface area contributed by atoms with Crippen molar-refractivity contribution in [1.29, 1.82) is 0 Å². The fourth-order valence-electron chi connectivity index (χ4n) is 0.941. The van der Waals surface area contributed by atoms with Gasteiger partial charge in [-0.1, -0.05) is 12.1 Å². The van der Waals surface area contributed by atoms with Crippen molar-refractivity contribution in [2.45, 2.75) is 6.17 Å². The molecule has 1 rings (SSSR count). The molecule has 2 nitrogen and oxygen atoms in total. The lowest BCUT2D eigenvalue weighted by atomic mass is 10.1. The van der Waals surface area contributed by atoms with Gasteiger partial charge in [0.05, 0.1) is 6.54 Å². The van der Waals surface area contributed by atoms with E-state index in [9.17, 15) is 13.6 Å². The van der Waals surface area contributed by atoms with Gasteiger partial charge in [-0.2, -0.15) is 0 Å². The number of alkyl halides is 1. The predicted octanol–water partition coefficient (Wildman–Crippen LogP) is 1.58. The molecule has 0 fully saturated rings. The fourth-order valence-corrected chi connectivity index (χ4v) is 0.941. The van der Waals surface area contributed by atoms with Crippen molar-refractivity contribution >= 4 is 6.41 Å². The third kappa shape index (κ3) is 2.82. The molecular weight excluding hydrogens is 176 g/mol. The molecule has 70 valence electrons. The summed E-state index contributed by atoms with van der Waals surface area (Å²) in [6.45, 7) is -0.0882. The second kappa shape index (κ2) is 4.54. The van der Waals surface area contributed by atoms with E-state index in [0.717, 1.165) is 0 Å². The zero-order chi connectivity index (χ0) is 9.68. The van der Waals surface area contributed by atoms with Gasteiger partial charge in [0.15, 0.2) is 0 Å². The molecule has 0 aliphatic heterocycles. The predicted molar refractivity (Wildman–Crippen MR) is 44.3 cm³/mol. The first kappa shape index (κ1) is 9.64. The summed E-state index contributed by atoms with van der Waals surface area (Å²) in [5, 5.41) is 2.21. The summed E-state index contributed by atoms with van der Waals surface area (Å²) in [5.74, 6) is -0.403. The highest BCUT2D eigenvalue weighted by atomic mass is 19.1. The molecule has 1 N–H and O–H groups in total. The third-order valence-electron chi connectivity index (χ3n) is 1.61. The first-order valence-electron chi connectivity index (χ1n) is 3.80. The highest BCUT2D eigenvalue weighted by Crippen LogP contribution is 2.16. The SMILES string of the molecule is O=CNCC(F)c1ccc(F)cc1. The highest BCUT2D eigenvalue weighted by molar-refractivity contribution is 5.46. The number of halogens is 2. The van der Waals surface area contributed by atoms with Crippen LogP contribution in [0.3, 0.4) is 0 Å². The molecule has 1 amide bonds. The van der Waals surface area contributed by atoms with Crippen LogP contribution in [0.25, 0.3) is 0 Å².